The van der Waals surface area contributed by atoms with Crippen LogP contribution in [0.5, 0.6) is 0 Å². The van der Waals surface area contributed by atoms with Crippen molar-refractivity contribution in [3.05, 3.63) is 95.6 Å². The molecule has 7 aliphatic heterocycles. The number of hydrogen-bond donors (Lipinski definition) is 4. The van der Waals surface area contributed by atoms with Gasteiger partial charge in [-0.2, -0.15) is 0 Å². The standard InChI is InChI=1S/C69H84N2O11/c1-62-32-43-33-63-31-40-17-22-66(63)61(77)79-36-64-55(43)67(45-14-8-11-39(26-45)25-38-9-4-2-5-10-38,57(75)54(74)56(64)65(44-12-6-3-7-13-44)21-18-46(29-47(63)27-40)68(64,66)82-65)69(62)59(81-69)60(76)80-58(62)49-20-24-78-53(49)30-50(52(73)35-72)41-15-16-48-42(28-41)19-23-71-37-70-34-51(48)71/h2,4-5,9-10,17-20,22-24,39-45,47-48,50-52,55-59,70,72-73,75H,3,6-8,11-16,21,25-37H2,1H3/t39-,40+,41-,42+,43-,45+,47+,48+,50-,51-,52+,55+,56-,57+,58-,59+,62-,63-,64+,65+,66+,67-,68+,69+/m0/s1. The number of nitrogens with one attached hydrogen (secondary N) is 1. The number of ketones is 1. The third kappa shape index (κ3) is 5.72. The second-order valence-electron chi connectivity index (χ2n) is 30.6. The summed E-state index contributed by atoms with van der Waals surface area (Å²) in [7, 11) is 0. The highest BCUT2D eigenvalue weighted by Gasteiger charge is 3.00. The van der Waals surface area contributed by atoms with E-state index in [-0.39, 0.29) is 66.4 Å². The number of esters is 2. The van der Waals surface area contributed by atoms with Gasteiger partial charge in [0.1, 0.15) is 41.2 Å². The van der Waals surface area contributed by atoms with Gasteiger partial charge in [0.25, 0.3) is 0 Å². The van der Waals surface area contributed by atoms with E-state index in [1.807, 2.05) is 6.07 Å². The number of carbonyl (C=O) groups excluding carboxylic acids is 3. The van der Waals surface area contributed by atoms with Gasteiger partial charge >= 0.3 is 11.9 Å². The van der Waals surface area contributed by atoms with E-state index in [1.165, 1.54) is 11.1 Å². The van der Waals surface area contributed by atoms with Crippen LogP contribution >= 0.6 is 0 Å². The number of Topliss-reactive ketones (excluding diaryl/α,β-unsaturated/α-hetero) is 1. The number of benzene rings is 1. The SMILES string of the molecule is C[C@@]12C[C@H]3C[C@]45C[C@@H]6C=C[C@@]47C(=O)OC[C@@]48[C@@H]3[C@@]([C@@H]3CCC[C@@H](Cc9ccccc9)C3)([C@H](O)C(=O)[C@@H]4[C@]3(C4CCCCC4)CC=C(C[C@H]5C6)[C@@]87O3)[C@]13O[C@@H]3C(=O)O[C@H]2c1ccoc1C[C@@H]([C@H]1CC[C@@H]2[C@H](C=CN3CNC[C@@H]23)C1)[C@H](O)CO. The van der Waals surface area contributed by atoms with E-state index in [2.05, 4.69) is 78.0 Å². The number of ether oxygens (including phenoxy) is 4. The first-order valence-electron chi connectivity index (χ1n) is 32.8. The Hall–Kier alpha value is -4.11. The number of nitrogens with zero attached hydrogens (tertiary/aromatic N) is 1. The molecule has 6 bridgehead atoms. The first-order chi connectivity index (χ1) is 39.9. The normalized spacial score (nSPS) is 51.8. The van der Waals surface area contributed by atoms with Crippen LogP contribution in [0.3, 0.4) is 0 Å². The van der Waals surface area contributed by atoms with E-state index in [4.69, 9.17) is 23.4 Å². The molecule has 13 nitrogen and oxygen atoms in total. The number of aliphatic hydroxyl groups excluding tert-OH is 3. The Morgan fingerprint density at radius 3 is 2.60 bits per heavy atom. The van der Waals surface area contributed by atoms with Crippen molar-refractivity contribution in [2.24, 2.45) is 98.1 Å². The Labute approximate surface area is 481 Å². The molecule has 8 heterocycles. The lowest BCUT2D eigenvalue weighted by molar-refractivity contribution is -0.308. The molecule has 1 aromatic carbocycles. The van der Waals surface area contributed by atoms with Crippen molar-refractivity contribution >= 4 is 17.7 Å². The minimum atomic E-state index is -1.49. The number of fused-ring (bicyclic) bond motifs is 6. The molecule has 4 N–H and O–H groups in total. The van der Waals surface area contributed by atoms with Crippen LogP contribution in [0.4, 0.5) is 0 Å². The van der Waals surface area contributed by atoms with Gasteiger partial charge in [-0.3, -0.25) is 14.9 Å². The molecule has 0 amide bonds. The average Bonchev–Trinajstić information content (AvgIpc) is 1.41. The summed E-state index contributed by atoms with van der Waals surface area (Å²) in [4.78, 5) is 51.6. The van der Waals surface area contributed by atoms with Gasteiger partial charge in [-0.15, -0.1) is 0 Å². The quantitative estimate of drug-likeness (QED) is 0.101. The number of epoxide rings is 1. The molecule has 13 heteroatoms. The maximum absolute atomic E-state index is 17.4. The molecule has 0 radical (unpaired) electrons. The summed E-state index contributed by atoms with van der Waals surface area (Å²) >= 11 is 0. The predicted molar refractivity (Wildman–Crippen MR) is 298 cm³/mol. The minimum Gasteiger partial charge on any atom is -0.469 e. The predicted octanol–water partition coefficient (Wildman–Crippen LogP) is 8.89. The van der Waals surface area contributed by atoms with Gasteiger partial charge in [0.15, 0.2) is 11.9 Å². The van der Waals surface area contributed by atoms with Crippen molar-refractivity contribution in [2.45, 2.75) is 183 Å². The summed E-state index contributed by atoms with van der Waals surface area (Å²) in [6, 6.07) is 13.2. The highest BCUT2D eigenvalue weighted by molar-refractivity contribution is 5.95. The largest absolute Gasteiger partial charge is 0.469 e. The first kappa shape index (κ1) is 51.1. The fraction of sp³-hybridized carbons (Fsp3) is 0.725. The van der Waals surface area contributed by atoms with Crippen LogP contribution in [-0.2, 0) is 46.2 Å². The second-order valence-corrected chi connectivity index (χ2v) is 30.6. The molecule has 82 heavy (non-hydrogen) atoms. The highest BCUT2D eigenvalue weighted by atomic mass is 16.7. The van der Waals surface area contributed by atoms with Crippen molar-refractivity contribution in [1.82, 2.24) is 10.2 Å². The van der Waals surface area contributed by atoms with E-state index >= 15 is 14.4 Å². The highest BCUT2D eigenvalue weighted by Crippen LogP contribution is 2.93. The van der Waals surface area contributed by atoms with Gasteiger partial charge in [-0.25, -0.2) is 4.79 Å². The fourth-order valence-corrected chi connectivity index (χ4v) is 26.1. The molecule has 5 saturated heterocycles. The second kappa shape index (κ2) is 17.1. The summed E-state index contributed by atoms with van der Waals surface area (Å²) in [5.74, 6) is -0.235. The van der Waals surface area contributed by atoms with E-state index < -0.39 is 86.1 Å². The molecule has 1 aromatic heterocycles. The van der Waals surface area contributed by atoms with Crippen LogP contribution in [-0.4, -0.2) is 106 Å². The molecule has 436 valence electrons. The number of hydrogen-bond acceptors (Lipinski definition) is 13. The van der Waals surface area contributed by atoms with Crippen molar-refractivity contribution in [3.63, 3.8) is 0 Å². The molecular formula is C69H84N2O11. The number of furan rings is 1. The lowest BCUT2D eigenvalue weighted by Gasteiger charge is -2.73. The number of aliphatic hydroxyl groups is 3. The van der Waals surface area contributed by atoms with Crippen LogP contribution < -0.4 is 5.32 Å². The molecule has 9 aliphatic carbocycles. The number of allylic oxidation sites excluding steroid dienone is 2. The molecule has 13 fully saturated rings. The van der Waals surface area contributed by atoms with E-state index in [0.717, 1.165) is 128 Å². The van der Waals surface area contributed by atoms with Gasteiger partial charge in [0.2, 0.25) is 0 Å². The summed E-state index contributed by atoms with van der Waals surface area (Å²) in [5, 5.41) is 41.1. The van der Waals surface area contributed by atoms with Crippen molar-refractivity contribution in [1.29, 1.82) is 0 Å². The molecule has 16 aliphatic rings. The molecule has 0 unspecified atom stereocenters. The van der Waals surface area contributed by atoms with Crippen molar-refractivity contribution in [2.75, 3.05) is 26.4 Å². The number of cyclic esters (lactones) is 2. The topological polar surface area (TPSA) is 181 Å². The lowest BCUT2D eigenvalue weighted by Crippen LogP contribution is -2.83. The van der Waals surface area contributed by atoms with E-state index in [0.29, 0.717) is 48.8 Å². The summed E-state index contributed by atoms with van der Waals surface area (Å²) < 4.78 is 37.0. The smallest absolute Gasteiger partial charge is 0.339 e. The fourth-order valence-electron chi connectivity index (χ4n) is 26.1. The van der Waals surface area contributed by atoms with Gasteiger partial charge in [0.05, 0.1) is 42.6 Å². The lowest BCUT2D eigenvalue weighted by atomic mass is 9.29. The number of rotatable bonds is 10. The molecule has 8 saturated carbocycles. The summed E-state index contributed by atoms with van der Waals surface area (Å²) in [6.07, 6.45) is 26.3. The zero-order valence-electron chi connectivity index (χ0n) is 47.8. The Morgan fingerprint density at radius 2 is 1.74 bits per heavy atom. The zero-order chi connectivity index (χ0) is 55.1. The van der Waals surface area contributed by atoms with Gasteiger partial charge in [0, 0.05) is 35.4 Å². The zero-order valence-corrected chi connectivity index (χ0v) is 47.8. The van der Waals surface area contributed by atoms with Gasteiger partial charge in [-0.1, -0.05) is 93.7 Å². The Kier molecular flexibility index (Phi) is 10.7. The maximum atomic E-state index is 17.4. The van der Waals surface area contributed by atoms with Gasteiger partial charge < -0.3 is 43.6 Å². The van der Waals surface area contributed by atoms with Crippen molar-refractivity contribution in [3.8, 4) is 0 Å². The van der Waals surface area contributed by atoms with Crippen molar-refractivity contribution < 1.29 is 53.1 Å². The minimum absolute atomic E-state index is 0.0454. The van der Waals surface area contributed by atoms with E-state index in [9.17, 15) is 15.3 Å². The summed E-state index contributed by atoms with van der Waals surface area (Å²) in [6.45, 7) is 3.79. The van der Waals surface area contributed by atoms with Crippen LogP contribution in [0.15, 0.2) is 83.2 Å². The molecule has 5 spiro atoms. The Bertz CT molecular complexity index is 3130. The number of carbonyl (C=O) groups is 3. The average molecular weight is 1120 g/mol. The molecule has 2 aromatic rings. The third-order valence-electron chi connectivity index (χ3n) is 28.3. The van der Waals surface area contributed by atoms with Crippen LogP contribution in [0.2, 0.25) is 0 Å². The first-order valence-corrected chi connectivity index (χ1v) is 32.8. The molecule has 24 atom stereocenters. The Morgan fingerprint density at radius 1 is 0.890 bits per heavy atom. The maximum Gasteiger partial charge on any atom is 0.339 e. The van der Waals surface area contributed by atoms with Gasteiger partial charge in [-0.05, 0) is 184 Å². The van der Waals surface area contributed by atoms with Crippen LogP contribution in [0.25, 0.3) is 0 Å². The van der Waals surface area contributed by atoms with E-state index in [1.54, 1.807) is 6.26 Å². The van der Waals surface area contributed by atoms with Crippen LogP contribution in [0, 0.1) is 98.1 Å². The summed E-state index contributed by atoms with van der Waals surface area (Å²) in [5.41, 5.74) is -5.34. The van der Waals surface area contributed by atoms with Crippen LogP contribution in [0.1, 0.15) is 145 Å². The molecule has 18 rings (SSSR count). The monoisotopic (exact) mass is 1120 g/mol. The molecular weight excluding hydrogens is 1030 g/mol. The third-order valence-corrected chi connectivity index (χ3v) is 28.3. The Balaban J connectivity index is 0.837.